The Kier molecular flexibility index (Phi) is 9.34. The molecule has 0 heterocycles. The minimum Gasteiger partial charge on any atom is -0.481 e. The Morgan fingerprint density at radius 2 is 1.94 bits per heavy atom. The van der Waals surface area contributed by atoms with E-state index in [1.807, 2.05) is 6.92 Å². The van der Waals surface area contributed by atoms with Crippen LogP contribution in [0, 0.1) is 0 Å². The molecule has 0 aliphatic rings. The van der Waals surface area contributed by atoms with E-state index in [2.05, 4.69) is 11.8 Å². The summed E-state index contributed by atoms with van der Waals surface area (Å²) >= 11 is 0. The predicted molar refractivity (Wildman–Crippen MR) is 69.4 cm³/mol. The Bertz CT molecular complexity index is 212. The van der Waals surface area contributed by atoms with Crippen molar-refractivity contribution in [3.63, 3.8) is 0 Å². The maximum atomic E-state index is 10.6. The molecular weight excluding hydrogens is 238 g/mol. The van der Waals surface area contributed by atoms with Crippen molar-refractivity contribution in [2.45, 2.75) is 38.8 Å². The Morgan fingerprint density at radius 3 is 2.29 bits per heavy atom. The third-order valence-electron chi connectivity index (χ3n) is 2.85. The molecule has 0 fully saturated rings. The average Bonchev–Trinajstić information content (AvgIpc) is 2.31. The van der Waals surface area contributed by atoms with Crippen LogP contribution in [0.3, 0.4) is 0 Å². The summed E-state index contributed by atoms with van der Waals surface area (Å²) in [6, 6.07) is 0. The van der Waals surface area contributed by atoms with Crippen LogP contribution in [0.1, 0.15) is 33.1 Å². The fraction of sp³-hybridized carbons (Fsp3) is 0.909. The van der Waals surface area contributed by atoms with E-state index in [1.54, 1.807) is 14.2 Å². The first-order valence-corrected chi connectivity index (χ1v) is 7.73. The zero-order valence-electron chi connectivity index (χ0n) is 11.3. The minimum atomic E-state index is -1.73. The van der Waals surface area contributed by atoms with Crippen molar-refractivity contribution >= 4 is 15.3 Å². The number of rotatable bonds is 10. The molecule has 0 spiro atoms. The van der Waals surface area contributed by atoms with Gasteiger partial charge in [-0.25, -0.2) is 0 Å². The van der Waals surface area contributed by atoms with E-state index in [0.717, 1.165) is 19.4 Å². The third kappa shape index (κ3) is 6.16. The van der Waals surface area contributed by atoms with E-state index in [9.17, 15) is 4.79 Å². The molecule has 0 aromatic carbocycles. The van der Waals surface area contributed by atoms with Crippen LogP contribution < -0.4 is 0 Å². The van der Waals surface area contributed by atoms with Gasteiger partial charge in [-0.3, -0.25) is 9.69 Å². The number of carboxylic acid groups (broad SMARTS) is 1. The van der Waals surface area contributed by atoms with Crippen LogP contribution in [-0.2, 0) is 13.6 Å². The molecule has 102 valence electrons. The third-order valence-corrected chi connectivity index (χ3v) is 5.16. The van der Waals surface area contributed by atoms with Gasteiger partial charge in [0.15, 0.2) is 0 Å². The molecule has 6 heteroatoms. The number of carbonyl (C=O) groups is 1. The van der Waals surface area contributed by atoms with Gasteiger partial charge < -0.3 is 14.0 Å². The Hall–Kier alpha value is -0.433. The van der Waals surface area contributed by atoms with E-state index < -0.39 is 15.3 Å². The second-order valence-corrected chi connectivity index (χ2v) is 6.42. The quantitative estimate of drug-likeness (QED) is 0.596. The number of hydrogen-bond donors (Lipinski definition) is 1. The smallest absolute Gasteiger partial charge is 0.338 e. The van der Waals surface area contributed by atoms with Crippen molar-refractivity contribution in [2.75, 3.05) is 27.3 Å². The maximum absolute atomic E-state index is 10.6. The first-order valence-electron chi connectivity index (χ1n) is 6.12. The van der Waals surface area contributed by atoms with Crippen molar-refractivity contribution in [3.05, 3.63) is 0 Å². The maximum Gasteiger partial charge on any atom is 0.338 e. The van der Waals surface area contributed by atoms with Crippen LogP contribution in [0.2, 0.25) is 0 Å². The molecule has 1 atom stereocenters. The van der Waals surface area contributed by atoms with Gasteiger partial charge in [0, 0.05) is 20.8 Å². The molecule has 0 radical (unpaired) electrons. The summed E-state index contributed by atoms with van der Waals surface area (Å²) in [4.78, 5) is 12.8. The summed E-state index contributed by atoms with van der Waals surface area (Å²) in [6.07, 6.45) is 2.21. The lowest BCUT2D eigenvalue weighted by Crippen LogP contribution is -2.49. The highest BCUT2D eigenvalue weighted by atomic mass is 28.3. The fourth-order valence-electron chi connectivity index (χ4n) is 1.99. The first-order chi connectivity index (χ1) is 8.10. The Morgan fingerprint density at radius 1 is 1.35 bits per heavy atom. The monoisotopic (exact) mass is 263 g/mol. The van der Waals surface area contributed by atoms with E-state index in [0.29, 0.717) is 6.54 Å². The molecule has 5 nitrogen and oxygen atoms in total. The summed E-state index contributed by atoms with van der Waals surface area (Å²) in [5.41, 5.74) is 0.249. The number of carboxylic acids is 1. The van der Waals surface area contributed by atoms with Crippen molar-refractivity contribution in [3.8, 4) is 0 Å². The standard InChI is InChI=1S/C11H25NO4Si/c1-5-7-10(17(15-3)16-4)12(6-2)9-8-11(13)14/h10,17H,5-9H2,1-4H3,(H,13,14). The first kappa shape index (κ1) is 16.6. The molecule has 17 heavy (non-hydrogen) atoms. The average molecular weight is 263 g/mol. The zero-order chi connectivity index (χ0) is 13.3. The largest absolute Gasteiger partial charge is 0.481 e. The van der Waals surface area contributed by atoms with Gasteiger partial charge in [-0.05, 0) is 13.0 Å². The summed E-state index contributed by atoms with van der Waals surface area (Å²) in [5.74, 6) is -0.758. The van der Waals surface area contributed by atoms with Gasteiger partial charge >= 0.3 is 15.3 Å². The van der Waals surface area contributed by atoms with Crippen LogP contribution in [0.25, 0.3) is 0 Å². The Labute approximate surface area is 106 Å². The van der Waals surface area contributed by atoms with Gasteiger partial charge in [-0.15, -0.1) is 0 Å². The van der Waals surface area contributed by atoms with Crippen molar-refractivity contribution in [1.29, 1.82) is 0 Å². The van der Waals surface area contributed by atoms with Gasteiger partial charge in [0.2, 0.25) is 0 Å². The van der Waals surface area contributed by atoms with Gasteiger partial charge in [0.05, 0.1) is 12.1 Å². The second-order valence-electron chi connectivity index (χ2n) is 3.97. The zero-order valence-corrected chi connectivity index (χ0v) is 12.5. The highest BCUT2D eigenvalue weighted by Crippen LogP contribution is 2.12. The lowest BCUT2D eigenvalue weighted by Gasteiger charge is -2.33. The number of nitrogens with zero attached hydrogens (tertiary/aromatic N) is 1. The molecule has 0 aliphatic heterocycles. The number of aliphatic carboxylic acids is 1. The summed E-state index contributed by atoms with van der Waals surface area (Å²) in [5, 5.41) is 8.74. The summed E-state index contributed by atoms with van der Waals surface area (Å²) in [7, 11) is 1.62. The molecule has 1 unspecified atom stereocenters. The fourth-order valence-corrected chi connectivity index (χ4v) is 4.13. The molecule has 1 N–H and O–H groups in total. The van der Waals surface area contributed by atoms with E-state index in [4.69, 9.17) is 14.0 Å². The highest BCUT2D eigenvalue weighted by Gasteiger charge is 2.28. The molecule has 0 aromatic heterocycles. The summed E-state index contributed by atoms with van der Waals surface area (Å²) < 4.78 is 10.9. The van der Waals surface area contributed by atoms with E-state index in [1.165, 1.54) is 0 Å². The predicted octanol–water partition coefficient (Wildman–Crippen LogP) is 1.00. The molecule has 0 aromatic rings. The topological polar surface area (TPSA) is 59.0 Å². The van der Waals surface area contributed by atoms with Gasteiger partial charge in [-0.1, -0.05) is 20.3 Å². The van der Waals surface area contributed by atoms with Gasteiger partial charge in [0.1, 0.15) is 0 Å². The molecular formula is C11H25NO4Si. The van der Waals surface area contributed by atoms with Gasteiger partial charge in [0.25, 0.3) is 0 Å². The normalized spacial score (nSPS) is 13.3. The highest BCUT2D eigenvalue weighted by molar-refractivity contribution is 6.46. The SMILES string of the molecule is CCCC(N(CC)CCC(=O)O)[SiH](OC)OC. The van der Waals surface area contributed by atoms with Crippen molar-refractivity contribution in [1.82, 2.24) is 4.90 Å². The molecule has 0 rings (SSSR count). The molecule has 0 saturated heterocycles. The van der Waals surface area contributed by atoms with Crippen LogP contribution in [0.15, 0.2) is 0 Å². The lowest BCUT2D eigenvalue weighted by molar-refractivity contribution is -0.137. The molecule has 0 aliphatic carbocycles. The van der Waals surface area contributed by atoms with Gasteiger partial charge in [-0.2, -0.15) is 0 Å². The Balaban J connectivity index is 4.54. The van der Waals surface area contributed by atoms with Crippen LogP contribution in [-0.4, -0.2) is 58.2 Å². The summed E-state index contributed by atoms with van der Waals surface area (Å²) in [6.45, 7) is 5.55. The molecule has 0 bridgehead atoms. The minimum absolute atomic E-state index is 0.169. The van der Waals surface area contributed by atoms with Crippen molar-refractivity contribution < 1.29 is 18.8 Å². The molecule has 0 saturated carbocycles. The lowest BCUT2D eigenvalue weighted by atomic mass is 10.3. The van der Waals surface area contributed by atoms with Crippen LogP contribution in [0.4, 0.5) is 0 Å². The van der Waals surface area contributed by atoms with Crippen LogP contribution >= 0.6 is 0 Å². The molecule has 0 amide bonds. The number of hydrogen-bond acceptors (Lipinski definition) is 4. The van der Waals surface area contributed by atoms with Crippen molar-refractivity contribution in [2.24, 2.45) is 0 Å². The second kappa shape index (κ2) is 9.58. The van der Waals surface area contributed by atoms with E-state index in [-0.39, 0.29) is 12.1 Å². The van der Waals surface area contributed by atoms with E-state index >= 15 is 0 Å². The van der Waals surface area contributed by atoms with Crippen LogP contribution in [0.5, 0.6) is 0 Å².